The van der Waals surface area contributed by atoms with E-state index in [9.17, 15) is 14.4 Å². The second-order valence-electron chi connectivity index (χ2n) is 4.58. The second-order valence-corrected chi connectivity index (χ2v) is 4.58. The van der Waals surface area contributed by atoms with Crippen LogP contribution in [-0.4, -0.2) is 53.0 Å². The predicted molar refractivity (Wildman–Crippen MR) is 73.2 cm³/mol. The zero-order chi connectivity index (χ0) is 15.4. The van der Waals surface area contributed by atoms with Crippen LogP contribution >= 0.6 is 0 Å². The zero-order valence-corrected chi connectivity index (χ0v) is 12.0. The third kappa shape index (κ3) is 3.01. The number of carbonyl (C=O) groups is 3. The van der Waals surface area contributed by atoms with Gasteiger partial charge in [0.25, 0.3) is 5.91 Å². The van der Waals surface area contributed by atoms with E-state index in [0.29, 0.717) is 19.5 Å². The molecule has 0 aliphatic carbocycles. The van der Waals surface area contributed by atoms with Crippen LogP contribution in [0.3, 0.4) is 0 Å². The number of rotatable bonds is 3. The molecule has 1 aromatic rings. The highest BCUT2D eigenvalue weighted by Gasteiger charge is 2.31. The zero-order valence-electron chi connectivity index (χ0n) is 12.0. The van der Waals surface area contributed by atoms with Gasteiger partial charge in [-0.15, -0.1) is 0 Å². The number of hydrogen-bond acceptors (Lipinski definition) is 5. The summed E-state index contributed by atoms with van der Waals surface area (Å²) in [6, 6.07) is 2.94. The molecular formula is C14H17N3O4. The molecule has 1 aliphatic heterocycles. The van der Waals surface area contributed by atoms with Gasteiger partial charge in [-0.3, -0.25) is 19.6 Å². The Morgan fingerprint density at radius 2 is 1.95 bits per heavy atom. The van der Waals surface area contributed by atoms with E-state index in [4.69, 9.17) is 0 Å². The van der Waals surface area contributed by atoms with Crippen molar-refractivity contribution in [1.82, 2.24) is 15.0 Å². The fraction of sp³-hybridized carbons (Fsp3) is 0.429. The van der Waals surface area contributed by atoms with E-state index in [0.717, 1.165) is 6.42 Å². The highest BCUT2D eigenvalue weighted by atomic mass is 16.5. The summed E-state index contributed by atoms with van der Waals surface area (Å²) in [5.41, 5.74) is 0.468. The highest BCUT2D eigenvalue weighted by Crippen LogP contribution is 2.15. The number of aromatic nitrogens is 1. The van der Waals surface area contributed by atoms with Crippen LogP contribution in [-0.2, 0) is 9.53 Å². The molecule has 7 nitrogen and oxygen atoms in total. The van der Waals surface area contributed by atoms with Crippen molar-refractivity contribution in [2.75, 3.05) is 20.2 Å². The van der Waals surface area contributed by atoms with Crippen LogP contribution in [0.15, 0.2) is 18.3 Å². The molecule has 2 rings (SSSR count). The van der Waals surface area contributed by atoms with Gasteiger partial charge in [0.2, 0.25) is 5.91 Å². The second kappa shape index (κ2) is 6.34. The lowest BCUT2D eigenvalue weighted by Gasteiger charge is -2.27. The van der Waals surface area contributed by atoms with Crippen LogP contribution in [0.2, 0.25) is 0 Å². The highest BCUT2D eigenvalue weighted by molar-refractivity contribution is 5.95. The molecule has 0 N–H and O–H groups in total. The van der Waals surface area contributed by atoms with Gasteiger partial charge in [-0.05, 0) is 18.6 Å². The normalized spacial score (nSPS) is 14.2. The lowest BCUT2D eigenvalue weighted by atomic mass is 10.2. The smallest absolute Gasteiger partial charge is 0.339 e. The molecule has 0 aromatic carbocycles. The average molecular weight is 291 g/mol. The van der Waals surface area contributed by atoms with Crippen molar-refractivity contribution < 1.29 is 19.1 Å². The van der Waals surface area contributed by atoms with E-state index < -0.39 is 5.97 Å². The van der Waals surface area contributed by atoms with Gasteiger partial charge in [0.1, 0.15) is 5.69 Å². The molecule has 2 amide bonds. The van der Waals surface area contributed by atoms with Crippen molar-refractivity contribution >= 4 is 17.8 Å². The summed E-state index contributed by atoms with van der Waals surface area (Å²) in [7, 11) is 1.28. The number of ether oxygens (including phenoxy) is 1. The van der Waals surface area contributed by atoms with Gasteiger partial charge in [0.05, 0.1) is 12.7 Å². The first-order valence-corrected chi connectivity index (χ1v) is 6.75. The van der Waals surface area contributed by atoms with Crippen LogP contribution in [0.1, 0.15) is 40.6 Å². The SMILES string of the molecule is CCC(=O)N1CCCN1C(=O)c1ccc(C(=O)OC)cn1. The molecule has 112 valence electrons. The molecule has 1 saturated heterocycles. The summed E-state index contributed by atoms with van der Waals surface area (Å²) in [6.07, 6.45) is 2.39. The Bertz CT molecular complexity index is 556. The minimum absolute atomic E-state index is 0.0907. The third-order valence-corrected chi connectivity index (χ3v) is 3.26. The lowest BCUT2D eigenvalue weighted by molar-refractivity contribution is -0.140. The summed E-state index contributed by atoms with van der Waals surface area (Å²) in [5, 5.41) is 2.87. The Labute approximate surface area is 122 Å². The topological polar surface area (TPSA) is 79.8 Å². The van der Waals surface area contributed by atoms with Crippen molar-refractivity contribution in [3.63, 3.8) is 0 Å². The van der Waals surface area contributed by atoms with E-state index in [1.807, 2.05) is 0 Å². The van der Waals surface area contributed by atoms with Gasteiger partial charge in [-0.2, -0.15) is 0 Å². The summed E-state index contributed by atoms with van der Waals surface area (Å²) in [6.45, 7) is 2.79. The first-order chi connectivity index (χ1) is 10.1. The minimum atomic E-state index is -0.509. The first kappa shape index (κ1) is 15.0. The van der Waals surface area contributed by atoms with Crippen LogP contribution in [0.25, 0.3) is 0 Å². The van der Waals surface area contributed by atoms with Gasteiger partial charge < -0.3 is 4.74 Å². The third-order valence-electron chi connectivity index (χ3n) is 3.26. The Morgan fingerprint density at radius 3 is 2.52 bits per heavy atom. The first-order valence-electron chi connectivity index (χ1n) is 6.75. The molecule has 0 radical (unpaired) electrons. The van der Waals surface area contributed by atoms with E-state index in [1.165, 1.54) is 35.5 Å². The summed E-state index contributed by atoms with van der Waals surface area (Å²) >= 11 is 0. The number of amides is 2. The maximum absolute atomic E-state index is 12.4. The van der Waals surface area contributed by atoms with Crippen molar-refractivity contribution in [2.45, 2.75) is 19.8 Å². The number of methoxy groups -OCH3 is 1. The molecule has 1 aromatic heterocycles. The molecule has 0 atom stereocenters. The number of carbonyl (C=O) groups excluding carboxylic acids is 3. The van der Waals surface area contributed by atoms with E-state index >= 15 is 0 Å². The van der Waals surface area contributed by atoms with Crippen molar-refractivity contribution in [1.29, 1.82) is 0 Å². The molecule has 1 aliphatic rings. The van der Waals surface area contributed by atoms with E-state index in [2.05, 4.69) is 9.72 Å². The van der Waals surface area contributed by atoms with Gasteiger partial charge in [0, 0.05) is 25.7 Å². The van der Waals surface area contributed by atoms with E-state index in [1.54, 1.807) is 6.92 Å². The standard InChI is InChI=1S/C14H17N3O4/c1-3-12(18)16-7-4-8-17(16)13(19)11-6-5-10(9-15-11)14(20)21-2/h5-6,9H,3-4,7-8H2,1-2H3. The molecular weight excluding hydrogens is 274 g/mol. The van der Waals surface area contributed by atoms with Gasteiger partial charge in [0.15, 0.2) is 0 Å². The summed E-state index contributed by atoms with van der Waals surface area (Å²) in [4.78, 5) is 39.5. The predicted octanol–water partition coefficient (Wildman–Crippen LogP) is 0.868. The molecule has 1 fully saturated rings. The Balaban J connectivity index is 2.16. The van der Waals surface area contributed by atoms with Crippen molar-refractivity contribution in [3.8, 4) is 0 Å². The molecule has 21 heavy (non-hydrogen) atoms. The van der Waals surface area contributed by atoms with E-state index in [-0.39, 0.29) is 23.1 Å². The fourth-order valence-electron chi connectivity index (χ4n) is 2.16. The lowest BCUT2D eigenvalue weighted by Crippen LogP contribution is -2.44. The maximum atomic E-state index is 12.4. The minimum Gasteiger partial charge on any atom is -0.465 e. The van der Waals surface area contributed by atoms with Gasteiger partial charge in [-0.25, -0.2) is 9.80 Å². The number of hydrogen-bond donors (Lipinski definition) is 0. The van der Waals surface area contributed by atoms with Crippen LogP contribution in [0.5, 0.6) is 0 Å². The van der Waals surface area contributed by atoms with Crippen LogP contribution < -0.4 is 0 Å². The Kier molecular flexibility index (Phi) is 4.52. The number of esters is 1. The van der Waals surface area contributed by atoms with Gasteiger partial charge >= 0.3 is 5.97 Å². The van der Waals surface area contributed by atoms with Crippen molar-refractivity contribution in [2.24, 2.45) is 0 Å². The largest absolute Gasteiger partial charge is 0.465 e. The van der Waals surface area contributed by atoms with Crippen LogP contribution in [0, 0.1) is 0 Å². The Hall–Kier alpha value is -2.44. The molecule has 0 bridgehead atoms. The van der Waals surface area contributed by atoms with Crippen LogP contribution in [0.4, 0.5) is 0 Å². The molecule has 2 heterocycles. The maximum Gasteiger partial charge on any atom is 0.339 e. The molecule has 0 saturated carbocycles. The van der Waals surface area contributed by atoms with Crippen molar-refractivity contribution in [3.05, 3.63) is 29.6 Å². The molecule has 7 heteroatoms. The average Bonchev–Trinajstić information content (AvgIpc) is 3.02. The van der Waals surface area contributed by atoms with Gasteiger partial charge in [-0.1, -0.05) is 6.92 Å². The summed E-state index contributed by atoms with van der Waals surface area (Å²) < 4.78 is 4.57. The molecule has 0 unspecified atom stereocenters. The quantitative estimate of drug-likeness (QED) is 0.772. The number of hydrazine groups is 1. The molecule has 0 spiro atoms. The Morgan fingerprint density at radius 1 is 1.24 bits per heavy atom. The fourth-order valence-corrected chi connectivity index (χ4v) is 2.16. The number of pyridine rings is 1. The monoisotopic (exact) mass is 291 g/mol. The summed E-state index contributed by atoms with van der Waals surface area (Å²) in [5.74, 6) is -0.941. The number of nitrogens with zero attached hydrogens (tertiary/aromatic N) is 3.